The molecule has 2 heterocycles. The van der Waals surface area contributed by atoms with Crippen molar-refractivity contribution in [3.05, 3.63) is 52.9 Å². The van der Waals surface area contributed by atoms with Crippen molar-refractivity contribution in [2.75, 3.05) is 11.1 Å². The van der Waals surface area contributed by atoms with E-state index in [0.29, 0.717) is 22.1 Å². The summed E-state index contributed by atoms with van der Waals surface area (Å²) in [5.41, 5.74) is 7.84. The molecule has 1 aromatic carbocycles. The molecule has 0 atom stereocenters. The highest BCUT2D eigenvalue weighted by Gasteiger charge is 2.19. The number of aryl methyl sites for hydroxylation is 1. The second kappa shape index (κ2) is 5.10. The number of benzene rings is 1. The van der Waals surface area contributed by atoms with E-state index in [1.165, 1.54) is 6.20 Å². The van der Waals surface area contributed by atoms with Crippen LogP contribution in [0.4, 0.5) is 11.5 Å². The van der Waals surface area contributed by atoms with Crippen LogP contribution in [-0.2, 0) is 0 Å². The third kappa shape index (κ3) is 2.43. The summed E-state index contributed by atoms with van der Waals surface area (Å²) < 4.78 is 5.60. The molecule has 0 aliphatic rings. The highest BCUT2D eigenvalue weighted by Crippen LogP contribution is 2.30. The number of halogens is 1. The summed E-state index contributed by atoms with van der Waals surface area (Å²) in [6, 6.07) is 8.82. The van der Waals surface area contributed by atoms with Crippen LogP contribution in [0.5, 0.6) is 0 Å². The number of hydrogen-bond donors (Lipinski definition) is 2. The second-order valence-electron chi connectivity index (χ2n) is 4.61. The fraction of sp³-hybridized carbons (Fsp3) is 0.0667. The van der Waals surface area contributed by atoms with Crippen molar-refractivity contribution < 1.29 is 9.21 Å². The molecule has 2 aromatic heterocycles. The van der Waals surface area contributed by atoms with Crippen molar-refractivity contribution in [3.8, 4) is 0 Å². The summed E-state index contributed by atoms with van der Waals surface area (Å²) in [5, 5.41) is 3.84. The van der Waals surface area contributed by atoms with Gasteiger partial charge in [-0.05, 0) is 30.7 Å². The Kier molecular flexibility index (Phi) is 3.27. The van der Waals surface area contributed by atoms with Crippen LogP contribution < -0.4 is 11.1 Å². The number of carbonyl (C=O) groups is 1. The first kappa shape index (κ1) is 13.5. The van der Waals surface area contributed by atoms with Crippen molar-refractivity contribution in [1.82, 2.24) is 4.98 Å². The van der Waals surface area contributed by atoms with Gasteiger partial charge in [-0.3, -0.25) is 4.79 Å². The lowest BCUT2D eigenvalue weighted by Gasteiger charge is -2.02. The Morgan fingerprint density at radius 1 is 1.33 bits per heavy atom. The zero-order chi connectivity index (χ0) is 15.0. The monoisotopic (exact) mass is 301 g/mol. The van der Waals surface area contributed by atoms with Crippen molar-refractivity contribution >= 4 is 40.0 Å². The number of fused-ring (bicyclic) bond motifs is 1. The predicted molar refractivity (Wildman–Crippen MR) is 82.6 cm³/mol. The van der Waals surface area contributed by atoms with Crippen molar-refractivity contribution in [2.45, 2.75) is 6.92 Å². The number of furan rings is 1. The standard InChI is InChI=1S/C15H12ClN3O2/c1-8-3-2-4-10-12(17)14(21-13(8)10)15(20)19-11-6-5-9(16)7-18-11/h2-7H,17H2,1H3,(H,18,19,20). The minimum Gasteiger partial charge on any atom is -0.448 e. The number of anilines is 2. The first-order valence-electron chi connectivity index (χ1n) is 6.27. The van der Waals surface area contributed by atoms with E-state index in [4.69, 9.17) is 21.8 Å². The van der Waals surface area contributed by atoms with Crippen LogP contribution in [0.2, 0.25) is 5.02 Å². The van der Waals surface area contributed by atoms with Gasteiger partial charge in [0.2, 0.25) is 5.76 Å². The van der Waals surface area contributed by atoms with Gasteiger partial charge in [0, 0.05) is 11.6 Å². The Bertz CT molecular complexity index is 825. The number of rotatable bonds is 2. The predicted octanol–water partition coefficient (Wildman–Crippen LogP) is 3.62. The second-order valence-corrected chi connectivity index (χ2v) is 5.05. The molecule has 0 aliphatic carbocycles. The molecule has 5 nitrogen and oxygen atoms in total. The normalized spacial score (nSPS) is 10.8. The van der Waals surface area contributed by atoms with Gasteiger partial charge in [-0.2, -0.15) is 0 Å². The van der Waals surface area contributed by atoms with Crippen LogP contribution in [0.25, 0.3) is 11.0 Å². The minimum atomic E-state index is -0.446. The van der Waals surface area contributed by atoms with Crippen molar-refractivity contribution in [1.29, 1.82) is 0 Å². The fourth-order valence-electron chi connectivity index (χ4n) is 2.07. The van der Waals surface area contributed by atoms with Crippen LogP contribution in [-0.4, -0.2) is 10.9 Å². The van der Waals surface area contributed by atoms with Crippen LogP contribution >= 0.6 is 11.6 Å². The number of para-hydroxylation sites is 1. The summed E-state index contributed by atoms with van der Waals surface area (Å²) in [7, 11) is 0. The molecule has 106 valence electrons. The molecule has 3 rings (SSSR count). The van der Waals surface area contributed by atoms with Crippen LogP contribution in [0, 0.1) is 6.92 Å². The Labute approximate surface area is 125 Å². The van der Waals surface area contributed by atoms with Gasteiger partial charge in [0.15, 0.2) is 0 Å². The van der Waals surface area contributed by atoms with Crippen LogP contribution in [0.15, 0.2) is 40.9 Å². The lowest BCUT2D eigenvalue weighted by atomic mass is 10.1. The molecule has 6 heteroatoms. The lowest BCUT2D eigenvalue weighted by Crippen LogP contribution is -2.13. The van der Waals surface area contributed by atoms with E-state index in [2.05, 4.69) is 10.3 Å². The van der Waals surface area contributed by atoms with Crippen LogP contribution in [0.3, 0.4) is 0 Å². The van der Waals surface area contributed by atoms with Crippen molar-refractivity contribution in [3.63, 3.8) is 0 Å². The number of nitrogens with two attached hydrogens (primary N) is 1. The fourth-order valence-corrected chi connectivity index (χ4v) is 2.18. The average Bonchev–Trinajstić information content (AvgIpc) is 2.81. The zero-order valence-electron chi connectivity index (χ0n) is 11.2. The molecule has 3 aromatic rings. The zero-order valence-corrected chi connectivity index (χ0v) is 11.9. The molecule has 21 heavy (non-hydrogen) atoms. The first-order valence-corrected chi connectivity index (χ1v) is 6.64. The number of nitrogens with one attached hydrogen (secondary N) is 1. The van der Waals surface area contributed by atoms with E-state index in [1.807, 2.05) is 25.1 Å². The van der Waals surface area contributed by atoms with Gasteiger partial charge in [-0.1, -0.05) is 23.7 Å². The molecule has 0 saturated carbocycles. The third-order valence-corrected chi connectivity index (χ3v) is 3.35. The molecule has 0 spiro atoms. The maximum atomic E-state index is 12.2. The molecule has 0 bridgehead atoms. The topological polar surface area (TPSA) is 81.2 Å². The van der Waals surface area contributed by atoms with E-state index in [9.17, 15) is 4.79 Å². The molecule has 0 unspecified atom stereocenters. The summed E-state index contributed by atoms with van der Waals surface area (Å²) in [5.74, 6) is 0.00921. The molecule has 0 radical (unpaired) electrons. The van der Waals surface area contributed by atoms with Gasteiger partial charge in [-0.15, -0.1) is 0 Å². The summed E-state index contributed by atoms with van der Waals surface area (Å²) >= 11 is 5.75. The number of carbonyl (C=O) groups excluding carboxylic acids is 1. The van der Waals surface area contributed by atoms with Gasteiger partial charge in [-0.25, -0.2) is 4.98 Å². The smallest absolute Gasteiger partial charge is 0.294 e. The number of amides is 1. The quantitative estimate of drug-likeness (QED) is 0.757. The highest BCUT2D eigenvalue weighted by molar-refractivity contribution is 6.30. The lowest BCUT2D eigenvalue weighted by molar-refractivity contribution is 0.0999. The molecule has 3 N–H and O–H groups in total. The SMILES string of the molecule is Cc1cccc2c(N)c(C(=O)Nc3ccc(Cl)cn3)oc12. The van der Waals surface area contributed by atoms with Crippen LogP contribution in [0.1, 0.15) is 16.1 Å². The summed E-state index contributed by atoms with van der Waals surface area (Å²) in [6.07, 6.45) is 1.45. The molecule has 0 aliphatic heterocycles. The summed E-state index contributed by atoms with van der Waals surface area (Å²) in [4.78, 5) is 16.2. The maximum absolute atomic E-state index is 12.2. The Morgan fingerprint density at radius 2 is 2.14 bits per heavy atom. The Balaban J connectivity index is 1.96. The van der Waals surface area contributed by atoms with E-state index >= 15 is 0 Å². The van der Waals surface area contributed by atoms with Gasteiger partial charge in [0.1, 0.15) is 11.4 Å². The molecule has 1 amide bonds. The first-order chi connectivity index (χ1) is 10.1. The highest BCUT2D eigenvalue weighted by atomic mass is 35.5. The van der Waals surface area contributed by atoms with E-state index in [0.717, 1.165) is 10.9 Å². The minimum absolute atomic E-state index is 0.0797. The maximum Gasteiger partial charge on any atom is 0.294 e. The van der Waals surface area contributed by atoms with Gasteiger partial charge >= 0.3 is 0 Å². The van der Waals surface area contributed by atoms with Gasteiger partial charge in [0.05, 0.1) is 10.7 Å². The molecule has 0 saturated heterocycles. The number of nitrogens with zero attached hydrogens (tertiary/aromatic N) is 1. The molecular formula is C15H12ClN3O2. The summed E-state index contributed by atoms with van der Waals surface area (Å²) in [6.45, 7) is 1.90. The number of pyridine rings is 1. The van der Waals surface area contributed by atoms with E-state index in [-0.39, 0.29) is 5.76 Å². The van der Waals surface area contributed by atoms with E-state index in [1.54, 1.807) is 12.1 Å². The number of nitrogen functional groups attached to an aromatic ring is 1. The third-order valence-electron chi connectivity index (χ3n) is 3.13. The number of aromatic nitrogens is 1. The number of hydrogen-bond acceptors (Lipinski definition) is 4. The Morgan fingerprint density at radius 3 is 2.81 bits per heavy atom. The largest absolute Gasteiger partial charge is 0.448 e. The molecular weight excluding hydrogens is 290 g/mol. The van der Waals surface area contributed by atoms with E-state index < -0.39 is 5.91 Å². The average molecular weight is 302 g/mol. The van der Waals surface area contributed by atoms with Gasteiger partial charge in [0.25, 0.3) is 5.91 Å². The Hall–Kier alpha value is -2.53. The van der Waals surface area contributed by atoms with Gasteiger partial charge < -0.3 is 15.5 Å². The van der Waals surface area contributed by atoms with Crippen molar-refractivity contribution in [2.24, 2.45) is 0 Å². The molecule has 0 fully saturated rings.